The molecule has 1 heterocycles. The molecule has 0 aliphatic carbocycles. The number of rotatable bonds is 3. The lowest BCUT2D eigenvalue weighted by Gasteiger charge is -2.15. The van der Waals surface area contributed by atoms with Gasteiger partial charge in [-0.15, -0.1) is 11.3 Å². The van der Waals surface area contributed by atoms with E-state index in [2.05, 4.69) is 20.8 Å². The molecule has 0 aromatic carbocycles. The Morgan fingerprint density at radius 2 is 2.12 bits per heavy atom. The third kappa shape index (κ3) is 3.06. The SMILES string of the molecule is CCOC(=O)C(N)c1ccc(C(C)(C)C)s1. The molecule has 1 rings (SSSR count). The summed E-state index contributed by atoms with van der Waals surface area (Å²) in [6.07, 6.45) is 0. The molecule has 0 fully saturated rings. The van der Waals surface area contributed by atoms with Crippen LogP contribution in [0.3, 0.4) is 0 Å². The van der Waals surface area contributed by atoms with Gasteiger partial charge in [-0.25, -0.2) is 4.79 Å². The van der Waals surface area contributed by atoms with Gasteiger partial charge in [-0.2, -0.15) is 0 Å². The molecule has 1 aromatic heterocycles. The summed E-state index contributed by atoms with van der Waals surface area (Å²) < 4.78 is 4.90. The van der Waals surface area contributed by atoms with Crippen LogP contribution in [0.1, 0.15) is 43.5 Å². The van der Waals surface area contributed by atoms with E-state index >= 15 is 0 Å². The Kier molecular flexibility index (Phi) is 4.10. The average Bonchev–Trinajstić information content (AvgIpc) is 2.65. The summed E-state index contributed by atoms with van der Waals surface area (Å²) in [6, 6.07) is 3.28. The highest BCUT2D eigenvalue weighted by atomic mass is 32.1. The van der Waals surface area contributed by atoms with E-state index in [-0.39, 0.29) is 11.4 Å². The summed E-state index contributed by atoms with van der Waals surface area (Å²) in [5.74, 6) is -0.357. The summed E-state index contributed by atoms with van der Waals surface area (Å²) >= 11 is 1.58. The van der Waals surface area contributed by atoms with Crippen molar-refractivity contribution in [1.29, 1.82) is 0 Å². The minimum Gasteiger partial charge on any atom is -0.465 e. The van der Waals surface area contributed by atoms with Crippen LogP contribution >= 0.6 is 11.3 Å². The molecule has 2 N–H and O–H groups in total. The molecule has 3 nitrogen and oxygen atoms in total. The first kappa shape index (κ1) is 13.2. The Balaban J connectivity index is 2.82. The highest BCUT2D eigenvalue weighted by Gasteiger charge is 2.22. The minimum absolute atomic E-state index is 0.0945. The smallest absolute Gasteiger partial charge is 0.328 e. The van der Waals surface area contributed by atoms with Gasteiger partial charge in [0.05, 0.1) is 6.61 Å². The molecule has 1 aromatic rings. The normalized spacial score (nSPS) is 13.6. The van der Waals surface area contributed by atoms with Crippen LogP contribution in [0.4, 0.5) is 0 Å². The second-order valence-corrected chi connectivity index (χ2v) is 5.80. The summed E-state index contributed by atoms with van der Waals surface area (Å²) in [5, 5.41) is 0. The third-order valence-electron chi connectivity index (χ3n) is 2.21. The summed E-state index contributed by atoms with van der Waals surface area (Å²) in [6.45, 7) is 8.55. The largest absolute Gasteiger partial charge is 0.465 e. The van der Waals surface area contributed by atoms with Crippen molar-refractivity contribution in [1.82, 2.24) is 0 Å². The maximum atomic E-state index is 11.5. The van der Waals surface area contributed by atoms with Gasteiger partial charge in [0.25, 0.3) is 0 Å². The van der Waals surface area contributed by atoms with Gasteiger partial charge in [0.1, 0.15) is 6.04 Å². The van der Waals surface area contributed by atoms with Gasteiger partial charge in [0.15, 0.2) is 0 Å². The zero-order valence-corrected chi connectivity index (χ0v) is 11.1. The second kappa shape index (κ2) is 4.97. The zero-order chi connectivity index (χ0) is 12.3. The molecule has 0 bridgehead atoms. The van der Waals surface area contributed by atoms with Gasteiger partial charge in [-0.1, -0.05) is 20.8 Å². The van der Waals surface area contributed by atoms with Crippen LogP contribution in [-0.4, -0.2) is 12.6 Å². The predicted octanol–water partition coefficient (Wildman–Crippen LogP) is 2.61. The van der Waals surface area contributed by atoms with Gasteiger partial charge < -0.3 is 10.5 Å². The molecule has 0 saturated heterocycles. The third-order valence-corrected chi connectivity index (χ3v) is 3.81. The van der Waals surface area contributed by atoms with Gasteiger partial charge in [0, 0.05) is 9.75 Å². The standard InChI is InChI=1S/C12H19NO2S/c1-5-15-11(14)10(13)8-6-7-9(16-8)12(2,3)4/h6-7,10H,5,13H2,1-4H3. The fraction of sp³-hybridized carbons (Fsp3) is 0.583. The number of nitrogens with two attached hydrogens (primary N) is 1. The fourth-order valence-electron chi connectivity index (χ4n) is 1.27. The van der Waals surface area contributed by atoms with E-state index < -0.39 is 6.04 Å². The number of esters is 1. The van der Waals surface area contributed by atoms with Crippen molar-refractivity contribution in [3.63, 3.8) is 0 Å². The van der Waals surface area contributed by atoms with E-state index in [0.717, 1.165) is 4.88 Å². The molecular formula is C12H19NO2S. The van der Waals surface area contributed by atoms with E-state index in [9.17, 15) is 4.79 Å². The maximum Gasteiger partial charge on any atom is 0.328 e. The zero-order valence-electron chi connectivity index (χ0n) is 10.2. The van der Waals surface area contributed by atoms with Crippen molar-refractivity contribution in [2.45, 2.75) is 39.2 Å². The molecule has 4 heteroatoms. The first-order valence-electron chi connectivity index (χ1n) is 5.38. The Bertz CT molecular complexity index is 365. The predicted molar refractivity (Wildman–Crippen MR) is 66.6 cm³/mol. The maximum absolute atomic E-state index is 11.5. The molecule has 16 heavy (non-hydrogen) atoms. The quantitative estimate of drug-likeness (QED) is 0.828. The molecule has 90 valence electrons. The highest BCUT2D eigenvalue weighted by molar-refractivity contribution is 7.12. The lowest BCUT2D eigenvalue weighted by atomic mass is 9.95. The molecule has 0 aliphatic heterocycles. The van der Waals surface area contributed by atoms with Crippen molar-refractivity contribution in [3.05, 3.63) is 21.9 Å². The second-order valence-electron chi connectivity index (χ2n) is 4.68. The van der Waals surface area contributed by atoms with Gasteiger partial charge in [-0.3, -0.25) is 0 Å². The van der Waals surface area contributed by atoms with Crippen molar-refractivity contribution >= 4 is 17.3 Å². The number of ether oxygens (including phenoxy) is 1. The monoisotopic (exact) mass is 241 g/mol. The molecule has 0 saturated carbocycles. The van der Waals surface area contributed by atoms with Crippen LogP contribution in [0.2, 0.25) is 0 Å². The van der Waals surface area contributed by atoms with E-state index in [4.69, 9.17) is 10.5 Å². The number of thiophene rings is 1. The Morgan fingerprint density at radius 1 is 1.50 bits per heavy atom. The molecule has 0 spiro atoms. The van der Waals surface area contributed by atoms with Gasteiger partial charge in [0.2, 0.25) is 0 Å². The van der Waals surface area contributed by atoms with E-state index in [1.165, 1.54) is 4.88 Å². The van der Waals surface area contributed by atoms with Gasteiger partial charge in [-0.05, 0) is 24.5 Å². The molecule has 0 radical (unpaired) electrons. The van der Waals surface area contributed by atoms with E-state index in [1.54, 1.807) is 18.3 Å². The lowest BCUT2D eigenvalue weighted by molar-refractivity contribution is -0.144. The fourth-order valence-corrected chi connectivity index (χ4v) is 2.33. The van der Waals surface area contributed by atoms with Crippen LogP contribution in [0, 0.1) is 0 Å². The number of hydrogen-bond acceptors (Lipinski definition) is 4. The molecule has 1 atom stereocenters. The van der Waals surface area contributed by atoms with E-state index in [0.29, 0.717) is 6.61 Å². The van der Waals surface area contributed by atoms with Crippen molar-refractivity contribution in [2.24, 2.45) is 5.73 Å². The molecular weight excluding hydrogens is 222 g/mol. The number of hydrogen-bond donors (Lipinski definition) is 1. The van der Waals surface area contributed by atoms with Gasteiger partial charge >= 0.3 is 5.97 Å². The van der Waals surface area contributed by atoms with E-state index in [1.807, 2.05) is 12.1 Å². The minimum atomic E-state index is -0.652. The summed E-state index contributed by atoms with van der Waals surface area (Å²) in [4.78, 5) is 13.6. The lowest BCUT2D eigenvalue weighted by Crippen LogP contribution is -2.22. The Morgan fingerprint density at radius 3 is 2.56 bits per heavy atom. The summed E-state index contributed by atoms with van der Waals surface area (Å²) in [5.41, 5.74) is 5.91. The number of carbonyl (C=O) groups excluding carboxylic acids is 1. The average molecular weight is 241 g/mol. The molecule has 1 unspecified atom stereocenters. The van der Waals surface area contributed by atoms with Crippen LogP contribution in [0.25, 0.3) is 0 Å². The van der Waals surface area contributed by atoms with Crippen LogP contribution in [0.15, 0.2) is 12.1 Å². The van der Waals surface area contributed by atoms with Crippen molar-refractivity contribution in [2.75, 3.05) is 6.61 Å². The Hall–Kier alpha value is -0.870. The molecule has 0 amide bonds. The first-order valence-corrected chi connectivity index (χ1v) is 6.20. The van der Waals surface area contributed by atoms with Crippen LogP contribution < -0.4 is 5.73 Å². The highest BCUT2D eigenvalue weighted by Crippen LogP contribution is 2.31. The van der Waals surface area contributed by atoms with Crippen LogP contribution in [0.5, 0.6) is 0 Å². The van der Waals surface area contributed by atoms with Crippen molar-refractivity contribution < 1.29 is 9.53 Å². The molecule has 0 aliphatic rings. The summed E-state index contributed by atoms with van der Waals surface area (Å²) in [7, 11) is 0. The van der Waals surface area contributed by atoms with Crippen molar-refractivity contribution in [3.8, 4) is 0 Å². The number of carbonyl (C=O) groups is 1. The topological polar surface area (TPSA) is 52.3 Å². The first-order chi connectivity index (χ1) is 7.36. The van der Waals surface area contributed by atoms with Crippen LogP contribution in [-0.2, 0) is 14.9 Å². The Labute approximate surface area is 101 Å².